The molecule has 1 unspecified atom stereocenters. The Bertz CT molecular complexity index is 1500. The number of aliphatic imine (C=N–C) groups is 2. The molecular weight excluding hydrogens is 564 g/mol. The Balaban J connectivity index is 1.19. The second kappa shape index (κ2) is 12.5. The number of sulfonamides is 1. The van der Waals surface area contributed by atoms with Gasteiger partial charge in [-0.25, -0.2) is 23.4 Å². The Morgan fingerprint density at radius 3 is 2.49 bits per heavy atom. The molecule has 41 heavy (non-hydrogen) atoms. The smallest absolute Gasteiger partial charge is 0.259 e. The first-order chi connectivity index (χ1) is 19.7. The van der Waals surface area contributed by atoms with Crippen LogP contribution in [0, 0.1) is 0 Å². The fourth-order valence-corrected chi connectivity index (χ4v) is 6.46. The zero-order valence-corrected chi connectivity index (χ0v) is 24.0. The number of benzene rings is 2. The van der Waals surface area contributed by atoms with Crippen molar-refractivity contribution in [2.24, 2.45) is 15.1 Å². The van der Waals surface area contributed by atoms with E-state index in [1.807, 2.05) is 24.3 Å². The topological polar surface area (TPSA) is 163 Å². The van der Waals surface area contributed by atoms with Crippen molar-refractivity contribution in [3.8, 4) is 0 Å². The Labute approximate surface area is 243 Å². The highest BCUT2D eigenvalue weighted by Crippen LogP contribution is 2.34. The van der Waals surface area contributed by atoms with Crippen molar-refractivity contribution < 1.29 is 22.8 Å². The molecule has 3 aliphatic rings. The number of rotatable bonds is 9. The number of amidine groups is 2. The van der Waals surface area contributed by atoms with E-state index in [2.05, 4.69) is 20.6 Å². The van der Waals surface area contributed by atoms with Crippen molar-refractivity contribution >= 4 is 56.2 Å². The number of nitrogens with two attached hydrogens (primary N) is 1. The molecule has 13 heteroatoms. The first-order valence-electron chi connectivity index (χ1n) is 13.6. The molecular formula is C28H32N6O5S2. The van der Waals surface area contributed by atoms with E-state index in [1.54, 1.807) is 12.1 Å². The van der Waals surface area contributed by atoms with Crippen molar-refractivity contribution in [3.63, 3.8) is 0 Å². The molecule has 0 spiro atoms. The zero-order valence-electron chi connectivity index (χ0n) is 22.4. The minimum Gasteiger partial charge on any atom is -0.355 e. The summed E-state index contributed by atoms with van der Waals surface area (Å²) in [5, 5.41) is 11.4. The number of hydrogen-bond donors (Lipinski definition) is 3. The predicted octanol–water partition coefficient (Wildman–Crippen LogP) is 2.22. The highest BCUT2D eigenvalue weighted by atomic mass is 32.2. The van der Waals surface area contributed by atoms with Crippen LogP contribution in [0.15, 0.2) is 63.4 Å². The van der Waals surface area contributed by atoms with E-state index >= 15 is 0 Å². The summed E-state index contributed by atoms with van der Waals surface area (Å²) in [4.78, 5) is 49.5. The molecule has 0 saturated heterocycles. The highest BCUT2D eigenvalue weighted by molar-refractivity contribution is 8.14. The summed E-state index contributed by atoms with van der Waals surface area (Å²) in [5.41, 5.74) is 2.20. The Morgan fingerprint density at radius 2 is 1.76 bits per heavy atom. The molecule has 2 aliphatic heterocycles. The summed E-state index contributed by atoms with van der Waals surface area (Å²) in [5.74, 6) is -0.288. The van der Waals surface area contributed by atoms with Crippen LogP contribution in [-0.4, -0.2) is 66.4 Å². The molecule has 2 heterocycles. The number of nitrogens with one attached hydrogen (secondary N) is 2. The van der Waals surface area contributed by atoms with Gasteiger partial charge in [-0.05, 0) is 49.1 Å². The Morgan fingerprint density at radius 1 is 1.02 bits per heavy atom. The van der Waals surface area contributed by atoms with Gasteiger partial charge in [-0.2, -0.15) is 0 Å². The standard InChI is InChI=1S/C28H32N6O5S2/c29-41(38,39)20-12-10-18(11-13-20)14-15-30-25(36)17-40-28-33-22-9-5-4-8-21(22)26-32-23(27(37)34(26)28)16-24(35)31-19-6-2-1-3-7-19/h4-5,8-13,19,23H,1-3,6-7,14-17H2,(H,30,36)(H,31,35)(H2,29,38,39). The van der Waals surface area contributed by atoms with Crippen LogP contribution in [0.2, 0.25) is 0 Å². The minimum atomic E-state index is -3.76. The molecule has 1 aliphatic carbocycles. The van der Waals surface area contributed by atoms with Gasteiger partial charge in [0.1, 0.15) is 11.9 Å². The normalized spacial score (nSPS) is 18.7. The number of thioether (sulfide) groups is 1. The molecule has 2 aromatic carbocycles. The molecule has 5 rings (SSSR count). The maximum atomic E-state index is 13.4. The average molecular weight is 597 g/mol. The van der Waals surface area contributed by atoms with E-state index in [0.29, 0.717) is 35.2 Å². The van der Waals surface area contributed by atoms with E-state index < -0.39 is 16.1 Å². The Kier molecular flexibility index (Phi) is 8.85. The van der Waals surface area contributed by atoms with Crippen LogP contribution in [0.5, 0.6) is 0 Å². The van der Waals surface area contributed by atoms with Gasteiger partial charge in [0, 0.05) is 18.2 Å². The number of primary sulfonamides is 1. The maximum Gasteiger partial charge on any atom is 0.259 e. The number of para-hydroxylation sites is 1. The second-order valence-electron chi connectivity index (χ2n) is 10.2. The predicted molar refractivity (Wildman–Crippen MR) is 157 cm³/mol. The molecule has 11 nitrogen and oxygen atoms in total. The Hall–Kier alpha value is -3.55. The lowest BCUT2D eigenvalue weighted by Gasteiger charge is -2.25. The van der Waals surface area contributed by atoms with E-state index in [1.165, 1.54) is 23.5 Å². The van der Waals surface area contributed by atoms with Crippen LogP contribution in [-0.2, 0) is 30.8 Å². The lowest BCUT2D eigenvalue weighted by atomic mass is 9.95. The summed E-state index contributed by atoms with van der Waals surface area (Å²) in [6, 6.07) is 12.8. The van der Waals surface area contributed by atoms with Gasteiger partial charge in [0.25, 0.3) is 5.91 Å². The van der Waals surface area contributed by atoms with Gasteiger partial charge in [-0.1, -0.05) is 55.3 Å². The third kappa shape index (κ3) is 7.03. The largest absolute Gasteiger partial charge is 0.355 e. The average Bonchev–Trinajstić information content (AvgIpc) is 3.28. The summed E-state index contributed by atoms with van der Waals surface area (Å²) >= 11 is 1.13. The van der Waals surface area contributed by atoms with E-state index in [0.717, 1.165) is 43.0 Å². The van der Waals surface area contributed by atoms with Gasteiger partial charge in [0.2, 0.25) is 21.8 Å². The molecule has 1 fully saturated rings. The number of hydrogen-bond acceptors (Lipinski definition) is 8. The minimum absolute atomic E-state index is 0.0231. The van der Waals surface area contributed by atoms with Crippen LogP contribution < -0.4 is 15.8 Å². The van der Waals surface area contributed by atoms with Crippen LogP contribution in [0.3, 0.4) is 0 Å². The van der Waals surface area contributed by atoms with Crippen LogP contribution >= 0.6 is 11.8 Å². The van der Waals surface area contributed by atoms with E-state index in [4.69, 9.17) is 5.14 Å². The first-order valence-corrected chi connectivity index (χ1v) is 16.1. The second-order valence-corrected chi connectivity index (χ2v) is 12.7. The fourth-order valence-electron chi connectivity index (χ4n) is 5.11. The third-order valence-electron chi connectivity index (χ3n) is 7.22. The molecule has 0 aromatic heterocycles. The first kappa shape index (κ1) is 29.0. The summed E-state index contributed by atoms with van der Waals surface area (Å²) in [6.07, 6.45) is 5.76. The van der Waals surface area contributed by atoms with Crippen molar-refractivity contribution in [2.75, 3.05) is 12.3 Å². The number of nitrogens with zero attached hydrogens (tertiary/aromatic N) is 3. The molecule has 1 saturated carbocycles. The summed E-state index contributed by atoms with van der Waals surface area (Å²) in [6.45, 7) is 0.344. The summed E-state index contributed by atoms with van der Waals surface area (Å²) in [7, 11) is -3.76. The van der Waals surface area contributed by atoms with Gasteiger partial charge >= 0.3 is 0 Å². The quantitative estimate of drug-likeness (QED) is 0.402. The van der Waals surface area contributed by atoms with Gasteiger partial charge in [-0.3, -0.25) is 19.4 Å². The van der Waals surface area contributed by atoms with Gasteiger partial charge < -0.3 is 10.6 Å². The van der Waals surface area contributed by atoms with E-state index in [9.17, 15) is 22.8 Å². The van der Waals surface area contributed by atoms with Crippen LogP contribution in [0.25, 0.3) is 0 Å². The maximum absolute atomic E-state index is 13.4. The highest BCUT2D eigenvalue weighted by Gasteiger charge is 2.42. The molecule has 2 aromatic rings. The zero-order chi connectivity index (χ0) is 29.0. The van der Waals surface area contributed by atoms with Crippen molar-refractivity contribution in [2.45, 2.75) is 61.9 Å². The third-order valence-corrected chi connectivity index (χ3v) is 9.08. The molecule has 4 N–H and O–H groups in total. The molecule has 216 valence electrons. The lowest BCUT2D eigenvalue weighted by Crippen LogP contribution is -2.43. The van der Waals surface area contributed by atoms with Crippen LogP contribution in [0.4, 0.5) is 5.69 Å². The number of carbonyl (C=O) groups excluding carboxylic acids is 3. The molecule has 1 atom stereocenters. The van der Waals surface area contributed by atoms with Gasteiger partial charge in [0.05, 0.1) is 22.8 Å². The molecule has 0 radical (unpaired) electrons. The van der Waals surface area contributed by atoms with Crippen molar-refractivity contribution in [3.05, 3.63) is 59.7 Å². The van der Waals surface area contributed by atoms with Gasteiger partial charge in [0.15, 0.2) is 5.17 Å². The molecule has 3 amide bonds. The number of carbonyl (C=O) groups is 3. The lowest BCUT2D eigenvalue weighted by molar-refractivity contribution is -0.129. The SMILES string of the molecule is NS(=O)(=O)c1ccc(CCNC(=O)CSC2=Nc3ccccc3C3=NC(CC(=O)NC4CCCCC4)C(=O)N23)cc1. The number of amides is 3. The van der Waals surface area contributed by atoms with Gasteiger partial charge in [-0.15, -0.1) is 0 Å². The summed E-state index contributed by atoms with van der Waals surface area (Å²) < 4.78 is 22.8. The molecule has 0 bridgehead atoms. The van der Waals surface area contributed by atoms with Crippen molar-refractivity contribution in [1.82, 2.24) is 15.5 Å². The van der Waals surface area contributed by atoms with E-state index in [-0.39, 0.29) is 40.8 Å². The monoisotopic (exact) mass is 596 g/mol. The van der Waals surface area contributed by atoms with Crippen LogP contribution in [0.1, 0.15) is 49.7 Å². The number of fused-ring (bicyclic) bond motifs is 3. The van der Waals surface area contributed by atoms with Crippen molar-refractivity contribution in [1.29, 1.82) is 0 Å². The fraction of sp³-hybridized carbons (Fsp3) is 0.393.